The van der Waals surface area contributed by atoms with Crippen LogP contribution < -0.4 is 14.9 Å². The largest absolute Gasteiger partial charge is 0.284 e. The van der Waals surface area contributed by atoms with Crippen molar-refractivity contribution in [3.8, 4) is 0 Å². The first kappa shape index (κ1) is 11.4. The normalized spacial score (nSPS) is 15.3. The van der Waals surface area contributed by atoms with Gasteiger partial charge in [0, 0.05) is 13.1 Å². The van der Waals surface area contributed by atoms with Gasteiger partial charge in [0.25, 0.3) is 5.56 Å². The molecule has 18 heavy (non-hydrogen) atoms. The monoisotopic (exact) mass is 258 g/mol. The van der Waals surface area contributed by atoms with Crippen molar-refractivity contribution in [1.82, 2.24) is 4.57 Å². The molecule has 2 heterocycles. The highest BCUT2D eigenvalue weighted by Crippen LogP contribution is 2.03. The average Bonchev–Trinajstić information content (AvgIpc) is 2.70. The van der Waals surface area contributed by atoms with Gasteiger partial charge in [-0.25, -0.2) is 0 Å². The molecule has 4 heteroatoms. The molecule has 0 unspecified atom stereocenters. The van der Waals surface area contributed by atoms with Crippen LogP contribution in [0.3, 0.4) is 0 Å². The summed E-state index contributed by atoms with van der Waals surface area (Å²) in [6.07, 6.45) is 2.92. The van der Waals surface area contributed by atoms with E-state index < -0.39 is 0 Å². The molecule has 3 nitrogen and oxygen atoms in total. The van der Waals surface area contributed by atoms with Crippen LogP contribution in [-0.2, 0) is 6.54 Å². The minimum Gasteiger partial charge on any atom is -0.284 e. The SMILES string of the molecule is Cc1ccc(/C=c2/sc3n(c2=O)CCCN=3)cc1. The van der Waals surface area contributed by atoms with Crippen LogP contribution in [0.2, 0.25) is 0 Å². The van der Waals surface area contributed by atoms with Crippen molar-refractivity contribution in [3.05, 3.63) is 55.1 Å². The average molecular weight is 258 g/mol. The first-order valence-corrected chi connectivity index (χ1v) is 6.88. The molecule has 0 saturated heterocycles. The molecule has 2 aromatic rings. The second-order valence-electron chi connectivity index (χ2n) is 4.50. The maximum Gasteiger partial charge on any atom is 0.270 e. The fraction of sp³-hybridized carbons (Fsp3) is 0.286. The standard InChI is InChI=1S/C14H14N2OS/c1-10-3-5-11(6-4-10)9-12-13(17)16-8-2-7-15-14(16)18-12/h3-6,9H,2,7-8H2,1H3/b12-9+. The van der Waals surface area contributed by atoms with E-state index in [4.69, 9.17) is 0 Å². The van der Waals surface area contributed by atoms with Gasteiger partial charge in [0.05, 0.1) is 4.53 Å². The van der Waals surface area contributed by atoms with Gasteiger partial charge >= 0.3 is 0 Å². The molecule has 0 radical (unpaired) electrons. The van der Waals surface area contributed by atoms with Crippen molar-refractivity contribution in [2.24, 2.45) is 4.99 Å². The molecule has 0 N–H and O–H groups in total. The van der Waals surface area contributed by atoms with Gasteiger partial charge in [0.15, 0.2) is 4.80 Å². The molecule has 0 atom stereocenters. The van der Waals surface area contributed by atoms with E-state index in [2.05, 4.69) is 24.0 Å². The summed E-state index contributed by atoms with van der Waals surface area (Å²) in [5.41, 5.74) is 2.39. The van der Waals surface area contributed by atoms with Gasteiger partial charge in [-0.1, -0.05) is 41.2 Å². The Kier molecular flexibility index (Phi) is 2.88. The molecule has 0 saturated carbocycles. The fourth-order valence-electron chi connectivity index (χ4n) is 2.04. The summed E-state index contributed by atoms with van der Waals surface area (Å²) in [5.74, 6) is 0. The van der Waals surface area contributed by atoms with Crippen LogP contribution in [0.15, 0.2) is 34.1 Å². The van der Waals surface area contributed by atoms with Crippen molar-refractivity contribution in [1.29, 1.82) is 0 Å². The Bertz CT molecular complexity index is 738. The van der Waals surface area contributed by atoms with Gasteiger partial charge in [0.1, 0.15) is 0 Å². The van der Waals surface area contributed by atoms with Gasteiger partial charge in [-0.3, -0.25) is 14.4 Å². The number of thiazole rings is 1. The van der Waals surface area contributed by atoms with E-state index in [1.54, 1.807) is 4.57 Å². The number of hydrogen-bond donors (Lipinski definition) is 0. The Labute approximate surface area is 109 Å². The molecule has 1 aromatic heterocycles. The Morgan fingerprint density at radius 3 is 2.83 bits per heavy atom. The fourth-order valence-corrected chi connectivity index (χ4v) is 3.07. The Hall–Kier alpha value is -1.68. The van der Waals surface area contributed by atoms with E-state index in [0.717, 1.165) is 34.4 Å². The zero-order chi connectivity index (χ0) is 12.5. The van der Waals surface area contributed by atoms with Crippen LogP contribution in [-0.4, -0.2) is 11.1 Å². The lowest BCUT2D eigenvalue weighted by Gasteiger charge is -2.03. The number of benzene rings is 1. The lowest BCUT2D eigenvalue weighted by atomic mass is 10.1. The van der Waals surface area contributed by atoms with Gasteiger partial charge in [-0.05, 0) is 25.0 Å². The summed E-state index contributed by atoms with van der Waals surface area (Å²) in [7, 11) is 0. The predicted octanol–water partition coefficient (Wildman–Crippen LogP) is 1.07. The molecule has 1 aliphatic rings. The molecule has 0 spiro atoms. The molecular weight excluding hydrogens is 244 g/mol. The summed E-state index contributed by atoms with van der Waals surface area (Å²) in [6.45, 7) is 3.70. The summed E-state index contributed by atoms with van der Waals surface area (Å²) in [4.78, 5) is 17.4. The first-order valence-electron chi connectivity index (χ1n) is 6.06. The van der Waals surface area contributed by atoms with Crippen LogP contribution in [0, 0.1) is 6.92 Å². The van der Waals surface area contributed by atoms with E-state index in [-0.39, 0.29) is 5.56 Å². The zero-order valence-electron chi connectivity index (χ0n) is 10.2. The Balaban J connectivity index is 2.16. The molecule has 0 amide bonds. The minimum atomic E-state index is 0.0963. The Morgan fingerprint density at radius 2 is 2.11 bits per heavy atom. The summed E-state index contributed by atoms with van der Waals surface area (Å²) < 4.78 is 2.56. The second kappa shape index (κ2) is 4.53. The van der Waals surface area contributed by atoms with E-state index in [9.17, 15) is 4.79 Å². The van der Waals surface area contributed by atoms with Gasteiger partial charge in [-0.15, -0.1) is 0 Å². The highest BCUT2D eigenvalue weighted by molar-refractivity contribution is 7.07. The number of nitrogens with zero attached hydrogens (tertiary/aromatic N) is 2. The van der Waals surface area contributed by atoms with E-state index in [1.807, 2.05) is 18.2 Å². The second-order valence-corrected chi connectivity index (χ2v) is 5.51. The van der Waals surface area contributed by atoms with Crippen molar-refractivity contribution >= 4 is 17.4 Å². The van der Waals surface area contributed by atoms with Crippen LogP contribution in [0.5, 0.6) is 0 Å². The maximum absolute atomic E-state index is 12.2. The maximum atomic E-state index is 12.2. The van der Waals surface area contributed by atoms with Gasteiger partial charge in [0.2, 0.25) is 0 Å². The lowest BCUT2D eigenvalue weighted by Crippen LogP contribution is -2.33. The minimum absolute atomic E-state index is 0.0963. The predicted molar refractivity (Wildman–Crippen MR) is 73.6 cm³/mol. The number of fused-ring (bicyclic) bond motifs is 1. The van der Waals surface area contributed by atoms with E-state index >= 15 is 0 Å². The molecule has 92 valence electrons. The molecule has 0 bridgehead atoms. The van der Waals surface area contributed by atoms with E-state index in [1.165, 1.54) is 16.9 Å². The molecule has 3 rings (SSSR count). The summed E-state index contributed by atoms with van der Waals surface area (Å²) in [6, 6.07) is 8.19. The summed E-state index contributed by atoms with van der Waals surface area (Å²) >= 11 is 1.49. The summed E-state index contributed by atoms with van der Waals surface area (Å²) in [5, 5.41) is 0. The van der Waals surface area contributed by atoms with Crippen molar-refractivity contribution < 1.29 is 0 Å². The van der Waals surface area contributed by atoms with Crippen LogP contribution in [0.4, 0.5) is 0 Å². The third kappa shape index (κ3) is 2.04. The van der Waals surface area contributed by atoms with Crippen molar-refractivity contribution in [2.45, 2.75) is 19.9 Å². The number of rotatable bonds is 1. The van der Waals surface area contributed by atoms with Crippen LogP contribution >= 0.6 is 11.3 Å². The topological polar surface area (TPSA) is 34.4 Å². The highest BCUT2D eigenvalue weighted by atomic mass is 32.1. The molecule has 1 aromatic carbocycles. The van der Waals surface area contributed by atoms with Gasteiger partial charge < -0.3 is 0 Å². The first-order chi connectivity index (χ1) is 8.74. The molecule has 0 aliphatic carbocycles. The van der Waals surface area contributed by atoms with E-state index in [0.29, 0.717) is 0 Å². The smallest absolute Gasteiger partial charge is 0.270 e. The molecule has 0 fully saturated rings. The zero-order valence-corrected chi connectivity index (χ0v) is 11.0. The quantitative estimate of drug-likeness (QED) is 0.753. The van der Waals surface area contributed by atoms with Crippen LogP contribution in [0.1, 0.15) is 17.5 Å². The molecular formula is C14H14N2OS. The van der Waals surface area contributed by atoms with Crippen molar-refractivity contribution in [2.75, 3.05) is 6.54 Å². The number of hydrogen-bond acceptors (Lipinski definition) is 3. The highest BCUT2D eigenvalue weighted by Gasteiger charge is 2.08. The number of aromatic nitrogens is 1. The third-order valence-corrected chi connectivity index (χ3v) is 4.09. The van der Waals surface area contributed by atoms with Gasteiger partial charge in [-0.2, -0.15) is 0 Å². The van der Waals surface area contributed by atoms with Crippen molar-refractivity contribution in [3.63, 3.8) is 0 Å². The number of aryl methyl sites for hydroxylation is 1. The molecule has 1 aliphatic heterocycles. The lowest BCUT2D eigenvalue weighted by molar-refractivity contribution is 0.573. The third-order valence-electron chi connectivity index (χ3n) is 3.05. The van der Waals surface area contributed by atoms with Crippen LogP contribution in [0.25, 0.3) is 6.08 Å². The Morgan fingerprint density at radius 1 is 1.33 bits per heavy atom.